The molecular formula is C13H16N2O2S. The first kappa shape index (κ1) is 13.1. The zero-order valence-corrected chi connectivity index (χ0v) is 11.4. The third-order valence-corrected chi connectivity index (χ3v) is 5.57. The molecule has 1 fully saturated rings. The normalized spacial score (nSPS) is 19.6. The van der Waals surface area contributed by atoms with Crippen molar-refractivity contribution in [1.82, 2.24) is 4.31 Å². The predicted molar refractivity (Wildman–Crippen MR) is 68.4 cm³/mol. The Bertz CT molecular complexity index is 600. The molecule has 0 saturated carbocycles. The molecular weight excluding hydrogens is 248 g/mol. The van der Waals surface area contributed by atoms with Crippen LogP contribution in [0.1, 0.15) is 32.3 Å². The minimum atomic E-state index is -3.58. The van der Waals surface area contributed by atoms with Gasteiger partial charge in [0.05, 0.1) is 10.5 Å². The lowest BCUT2D eigenvalue weighted by Crippen LogP contribution is -2.42. The van der Waals surface area contributed by atoms with E-state index in [1.165, 1.54) is 16.4 Å². The summed E-state index contributed by atoms with van der Waals surface area (Å²) < 4.78 is 26.7. The lowest BCUT2D eigenvalue weighted by molar-refractivity contribution is 0.291. The van der Waals surface area contributed by atoms with Gasteiger partial charge in [0, 0.05) is 12.1 Å². The molecule has 0 atom stereocenters. The first-order valence-electron chi connectivity index (χ1n) is 5.91. The fourth-order valence-electron chi connectivity index (χ4n) is 2.43. The Hall–Kier alpha value is -1.38. The largest absolute Gasteiger partial charge is 0.244 e. The van der Waals surface area contributed by atoms with E-state index < -0.39 is 10.0 Å². The molecule has 1 aromatic rings. The van der Waals surface area contributed by atoms with Crippen molar-refractivity contribution < 1.29 is 8.42 Å². The summed E-state index contributed by atoms with van der Waals surface area (Å²) >= 11 is 0. The molecule has 0 aromatic heterocycles. The van der Waals surface area contributed by atoms with E-state index in [4.69, 9.17) is 5.26 Å². The first-order valence-corrected chi connectivity index (χ1v) is 7.35. The van der Waals surface area contributed by atoms with E-state index in [2.05, 4.69) is 0 Å². The number of nitrogens with zero attached hydrogens (tertiary/aromatic N) is 2. The van der Waals surface area contributed by atoms with Gasteiger partial charge in [0.1, 0.15) is 6.07 Å². The number of nitriles is 1. The van der Waals surface area contributed by atoms with Gasteiger partial charge in [-0.1, -0.05) is 12.1 Å². The maximum atomic E-state index is 12.6. The van der Waals surface area contributed by atoms with Crippen LogP contribution in [-0.4, -0.2) is 24.8 Å². The SMILES string of the molecule is CC1(C)CCCN1S(=O)(=O)c1ccccc1C#N. The molecule has 0 N–H and O–H groups in total. The van der Waals surface area contributed by atoms with Crippen LogP contribution in [0.15, 0.2) is 29.2 Å². The molecule has 4 nitrogen and oxygen atoms in total. The molecule has 1 heterocycles. The summed E-state index contributed by atoms with van der Waals surface area (Å²) in [6.45, 7) is 4.37. The molecule has 1 aromatic carbocycles. The molecule has 0 radical (unpaired) electrons. The number of sulfonamides is 1. The number of hydrogen-bond donors (Lipinski definition) is 0. The third-order valence-electron chi connectivity index (χ3n) is 3.40. The predicted octanol–water partition coefficient (Wildman–Crippen LogP) is 2.12. The van der Waals surface area contributed by atoms with Crippen LogP contribution in [-0.2, 0) is 10.0 Å². The molecule has 0 amide bonds. The Kier molecular flexibility index (Phi) is 3.18. The van der Waals surface area contributed by atoms with Gasteiger partial charge < -0.3 is 0 Å². The Balaban J connectivity index is 2.53. The van der Waals surface area contributed by atoms with Gasteiger partial charge in [-0.05, 0) is 38.8 Å². The zero-order valence-electron chi connectivity index (χ0n) is 10.5. The van der Waals surface area contributed by atoms with Crippen LogP contribution < -0.4 is 0 Å². The van der Waals surface area contributed by atoms with Crippen LogP contribution in [0.4, 0.5) is 0 Å². The monoisotopic (exact) mass is 264 g/mol. The highest BCUT2D eigenvalue weighted by molar-refractivity contribution is 7.89. The quantitative estimate of drug-likeness (QED) is 0.822. The standard InChI is InChI=1S/C13H16N2O2S/c1-13(2)8-5-9-15(13)18(16,17)12-7-4-3-6-11(12)10-14/h3-4,6-7H,5,8-9H2,1-2H3. The Morgan fingerprint density at radius 1 is 1.33 bits per heavy atom. The fourth-order valence-corrected chi connectivity index (χ4v) is 4.42. The van der Waals surface area contributed by atoms with Gasteiger partial charge in [-0.2, -0.15) is 9.57 Å². The Morgan fingerprint density at radius 2 is 2.00 bits per heavy atom. The van der Waals surface area contributed by atoms with E-state index in [1.54, 1.807) is 12.1 Å². The molecule has 1 saturated heterocycles. The minimum Gasteiger partial charge on any atom is -0.207 e. The van der Waals surface area contributed by atoms with Crippen molar-refractivity contribution in [1.29, 1.82) is 5.26 Å². The summed E-state index contributed by atoms with van der Waals surface area (Å²) in [4.78, 5) is 0.113. The zero-order chi connectivity index (χ0) is 13.4. The van der Waals surface area contributed by atoms with Gasteiger partial charge in [0.2, 0.25) is 10.0 Å². The summed E-state index contributed by atoms with van der Waals surface area (Å²) in [5.41, 5.74) is -0.165. The highest BCUT2D eigenvalue weighted by Crippen LogP contribution is 2.34. The summed E-state index contributed by atoms with van der Waals surface area (Å²) in [6, 6.07) is 8.31. The third kappa shape index (κ3) is 2.02. The van der Waals surface area contributed by atoms with E-state index in [0.717, 1.165) is 12.8 Å². The minimum absolute atomic E-state index is 0.113. The molecule has 96 valence electrons. The van der Waals surface area contributed by atoms with Gasteiger partial charge >= 0.3 is 0 Å². The van der Waals surface area contributed by atoms with E-state index >= 15 is 0 Å². The van der Waals surface area contributed by atoms with Gasteiger partial charge in [-0.15, -0.1) is 0 Å². The molecule has 0 unspecified atom stereocenters. The van der Waals surface area contributed by atoms with Crippen molar-refractivity contribution in [2.45, 2.75) is 37.1 Å². The van der Waals surface area contributed by atoms with Gasteiger partial charge in [-0.25, -0.2) is 8.42 Å². The van der Waals surface area contributed by atoms with Crippen molar-refractivity contribution in [3.05, 3.63) is 29.8 Å². The summed E-state index contributed by atoms with van der Waals surface area (Å²) in [5.74, 6) is 0. The van der Waals surface area contributed by atoms with Gasteiger partial charge in [-0.3, -0.25) is 0 Å². The van der Waals surface area contributed by atoms with Gasteiger partial charge in [0.15, 0.2) is 0 Å². The summed E-state index contributed by atoms with van der Waals surface area (Å²) in [7, 11) is -3.58. The van der Waals surface area contributed by atoms with Crippen molar-refractivity contribution in [2.24, 2.45) is 0 Å². The van der Waals surface area contributed by atoms with E-state index in [0.29, 0.717) is 6.54 Å². The molecule has 0 bridgehead atoms. The van der Waals surface area contributed by atoms with E-state index in [1.807, 2.05) is 19.9 Å². The second-order valence-corrected chi connectivity index (χ2v) is 6.93. The smallest absolute Gasteiger partial charge is 0.207 e. The second-order valence-electron chi connectivity index (χ2n) is 5.10. The molecule has 1 aliphatic heterocycles. The van der Waals surface area contributed by atoms with Crippen LogP contribution in [0.3, 0.4) is 0 Å². The molecule has 0 spiro atoms. The number of rotatable bonds is 2. The average molecular weight is 264 g/mol. The fraction of sp³-hybridized carbons (Fsp3) is 0.462. The van der Waals surface area contributed by atoms with Crippen LogP contribution in [0.2, 0.25) is 0 Å². The van der Waals surface area contributed by atoms with Crippen molar-refractivity contribution in [2.75, 3.05) is 6.54 Å². The van der Waals surface area contributed by atoms with Crippen LogP contribution in [0.5, 0.6) is 0 Å². The first-order chi connectivity index (χ1) is 8.39. The topological polar surface area (TPSA) is 61.2 Å². The van der Waals surface area contributed by atoms with Crippen molar-refractivity contribution in [3.8, 4) is 6.07 Å². The van der Waals surface area contributed by atoms with E-state index in [9.17, 15) is 8.42 Å². The summed E-state index contributed by atoms with van der Waals surface area (Å²) in [5, 5.41) is 9.02. The Labute approximate surface area is 108 Å². The van der Waals surface area contributed by atoms with E-state index in [-0.39, 0.29) is 16.0 Å². The molecule has 18 heavy (non-hydrogen) atoms. The highest BCUT2D eigenvalue weighted by atomic mass is 32.2. The molecule has 1 aliphatic rings. The van der Waals surface area contributed by atoms with Crippen molar-refractivity contribution in [3.63, 3.8) is 0 Å². The number of hydrogen-bond acceptors (Lipinski definition) is 3. The van der Waals surface area contributed by atoms with Crippen LogP contribution >= 0.6 is 0 Å². The summed E-state index contributed by atoms with van der Waals surface area (Å²) in [6.07, 6.45) is 1.71. The van der Waals surface area contributed by atoms with Gasteiger partial charge in [0.25, 0.3) is 0 Å². The molecule has 0 aliphatic carbocycles. The maximum absolute atomic E-state index is 12.6. The average Bonchev–Trinajstić information content (AvgIpc) is 2.69. The lowest BCUT2D eigenvalue weighted by Gasteiger charge is -2.30. The molecule has 5 heteroatoms. The molecule has 2 rings (SSSR count). The van der Waals surface area contributed by atoms with Crippen molar-refractivity contribution >= 4 is 10.0 Å². The van der Waals surface area contributed by atoms with Crippen LogP contribution in [0, 0.1) is 11.3 Å². The number of benzene rings is 1. The van der Waals surface area contributed by atoms with Crippen LogP contribution in [0.25, 0.3) is 0 Å². The maximum Gasteiger partial charge on any atom is 0.244 e. The second kappa shape index (κ2) is 4.38. The highest BCUT2D eigenvalue weighted by Gasteiger charge is 2.41. The Morgan fingerprint density at radius 3 is 2.56 bits per heavy atom. The lowest BCUT2D eigenvalue weighted by atomic mass is 10.0.